The van der Waals surface area contributed by atoms with Crippen LogP contribution in [0.25, 0.3) is 0 Å². The van der Waals surface area contributed by atoms with Gasteiger partial charge in [-0.2, -0.15) is 0 Å². The topological polar surface area (TPSA) is 117 Å². The first-order chi connectivity index (χ1) is 21.9. The molecule has 2 aliphatic carbocycles. The van der Waals surface area contributed by atoms with Gasteiger partial charge in [-0.15, -0.1) is 0 Å². The van der Waals surface area contributed by atoms with Crippen molar-refractivity contribution in [3.8, 4) is 0 Å². The van der Waals surface area contributed by atoms with Crippen LogP contribution in [0.15, 0.2) is 30.3 Å². The average molecular weight is 655 g/mol. The highest BCUT2D eigenvalue weighted by Gasteiger charge is 2.62. The van der Waals surface area contributed by atoms with Crippen LogP contribution in [0.4, 0.5) is 9.59 Å². The number of barbiturate groups is 1. The van der Waals surface area contributed by atoms with Gasteiger partial charge in [0.2, 0.25) is 11.8 Å². The van der Waals surface area contributed by atoms with Crippen molar-refractivity contribution in [1.29, 1.82) is 0 Å². The Morgan fingerprint density at radius 1 is 0.891 bits per heavy atom. The SMILES string of the molecule is CCCCN1C(=O)CC(=O)N(C2CCC(CN3C(=O)N(COCC[Si](C)(C)C)C(=O)C34CCC4)(OCc3ccccc3)CC2)C1=O. The first kappa shape index (κ1) is 34.2. The molecule has 0 radical (unpaired) electrons. The largest absolute Gasteiger partial charge is 0.368 e. The van der Waals surface area contributed by atoms with Crippen LogP contribution in [0.2, 0.25) is 25.7 Å². The fourth-order valence-electron chi connectivity index (χ4n) is 7.03. The molecule has 0 unspecified atom stereocenters. The van der Waals surface area contributed by atoms with Crippen LogP contribution in [-0.2, 0) is 30.5 Å². The Labute approximate surface area is 273 Å². The molecule has 1 aromatic carbocycles. The summed E-state index contributed by atoms with van der Waals surface area (Å²) in [6, 6.07) is 9.54. The normalized spacial score (nSPS) is 25.2. The highest BCUT2D eigenvalue weighted by molar-refractivity contribution is 6.76. The van der Waals surface area contributed by atoms with E-state index in [2.05, 4.69) is 19.6 Å². The fraction of sp³-hybridized carbons (Fsp3) is 0.676. The zero-order chi connectivity index (χ0) is 33.1. The van der Waals surface area contributed by atoms with E-state index in [9.17, 15) is 24.0 Å². The molecule has 5 rings (SSSR count). The Kier molecular flexibility index (Phi) is 10.4. The van der Waals surface area contributed by atoms with E-state index in [4.69, 9.17) is 9.47 Å². The molecule has 2 saturated carbocycles. The van der Waals surface area contributed by atoms with Crippen molar-refractivity contribution in [2.75, 3.05) is 26.4 Å². The van der Waals surface area contributed by atoms with Crippen molar-refractivity contribution >= 4 is 37.9 Å². The van der Waals surface area contributed by atoms with Crippen LogP contribution < -0.4 is 0 Å². The second kappa shape index (κ2) is 13.9. The van der Waals surface area contributed by atoms with Gasteiger partial charge in [-0.25, -0.2) is 14.5 Å². The van der Waals surface area contributed by atoms with Crippen LogP contribution in [0.1, 0.15) is 76.7 Å². The van der Waals surface area contributed by atoms with Crippen LogP contribution in [0.5, 0.6) is 0 Å². The van der Waals surface area contributed by atoms with Crippen LogP contribution in [0.3, 0.4) is 0 Å². The number of hydrogen-bond donors (Lipinski definition) is 0. The van der Waals surface area contributed by atoms with E-state index in [1.54, 1.807) is 4.90 Å². The number of imide groups is 3. The molecule has 2 heterocycles. The van der Waals surface area contributed by atoms with Gasteiger partial charge in [-0.1, -0.05) is 63.3 Å². The van der Waals surface area contributed by atoms with E-state index < -0.39 is 37.1 Å². The van der Waals surface area contributed by atoms with Gasteiger partial charge in [0.1, 0.15) is 18.7 Å². The molecule has 1 spiro atoms. The molecule has 0 bridgehead atoms. The molecule has 12 heteroatoms. The molecule has 0 atom stereocenters. The van der Waals surface area contributed by atoms with Gasteiger partial charge >= 0.3 is 12.1 Å². The van der Waals surface area contributed by atoms with E-state index in [-0.39, 0.29) is 37.7 Å². The van der Waals surface area contributed by atoms with Gasteiger partial charge in [0.15, 0.2) is 0 Å². The van der Waals surface area contributed by atoms with Gasteiger partial charge in [0.05, 0.1) is 18.8 Å². The van der Waals surface area contributed by atoms with E-state index in [1.165, 1.54) is 14.7 Å². The summed E-state index contributed by atoms with van der Waals surface area (Å²) in [5, 5.41) is 0. The summed E-state index contributed by atoms with van der Waals surface area (Å²) in [4.78, 5) is 72.1. The predicted octanol–water partition coefficient (Wildman–Crippen LogP) is 5.36. The number of amides is 7. The average Bonchev–Trinajstić information content (AvgIpc) is 3.20. The number of nitrogens with zero attached hydrogens (tertiary/aromatic N) is 4. The molecule has 2 aliphatic heterocycles. The van der Waals surface area contributed by atoms with Gasteiger partial charge in [0.25, 0.3) is 5.91 Å². The third kappa shape index (κ3) is 7.08. The zero-order valence-corrected chi connectivity index (χ0v) is 28.9. The lowest BCUT2D eigenvalue weighted by Gasteiger charge is -2.49. The number of hydrogen-bond acceptors (Lipinski definition) is 7. The summed E-state index contributed by atoms with van der Waals surface area (Å²) in [6.45, 7) is 10.1. The predicted molar refractivity (Wildman–Crippen MR) is 174 cm³/mol. The quantitative estimate of drug-likeness (QED) is 0.115. The van der Waals surface area contributed by atoms with E-state index >= 15 is 0 Å². The maximum absolute atomic E-state index is 13.9. The lowest BCUT2D eigenvalue weighted by atomic mass is 9.74. The standard InChI is InChI=1S/C34H50N4O7Si/c1-5-6-19-35-28(39)22-29(40)38(32(35)43)27-13-17-33(18-14-27,45-23-26-11-8-7-9-12-26)24-37-31(42)36(25-44-20-21-46(2,3)4)30(41)34(37)15-10-16-34/h7-9,11-12,27H,5-6,10,13-25H2,1-4H3. The van der Waals surface area contributed by atoms with Crippen molar-refractivity contribution < 1.29 is 33.4 Å². The molecule has 252 valence electrons. The van der Waals surface area contributed by atoms with Crippen molar-refractivity contribution in [3.05, 3.63) is 35.9 Å². The van der Waals surface area contributed by atoms with Crippen molar-refractivity contribution in [2.45, 2.75) is 121 Å². The number of carbonyl (C=O) groups excluding carboxylic acids is 5. The summed E-state index contributed by atoms with van der Waals surface area (Å²) in [5.74, 6) is -1.08. The molecule has 2 saturated heterocycles. The lowest BCUT2D eigenvalue weighted by Crippen LogP contribution is -2.62. The third-order valence-corrected chi connectivity index (χ3v) is 11.8. The molecular weight excluding hydrogens is 604 g/mol. The summed E-state index contributed by atoms with van der Waals surface area (Å²) >= 11 is 0. The number of carbonyl (C=O) groups is 5. The first-order valence-electron chi connectivity index (χ1n) is 17.0. The minimum Gasteiger partial charge on any atom is -0.368 e. The van der Waals surface area contributed by atoms with Gasteiger partial charge in [0, 0.05) is 27.3 Å². The van der Waals surface area contributed by atoms with Crippen molar-refractivity contribution in [1.82, 2.24) is 19.6 Å². The van der Waals surface area contributed by atoms with E-state index in [1.807, 2.05) is 37.3 Å². The molecule has 4 aliphatic rings. The Morgan fingerprint density at radius 3 is 2.20 bits per heavy atom. The Balaban J connectivity index is 1.33. The summed E-state index contributed by atoms with van der Waals surface area (Å²) < 4.78 is 12.6. The monoisotopic (exact) mass is 654 g/mol. The maximum atomic E-state index is 13.9. The van der Waals surface area contributed by atoms with E-state index in [0.717, 1.165) is 24.4 Å². The highest BCUT2D eigenvalue weighted by atomic mass is 28.3. The third-order valence-electron chi connectivity index (χ3n) is 10.1. The first-order valence-corrected chi connectivity index (χ1v) is 20.7. The van der Waals surface area contributed by atoms with Gasteiger partial charge in [-0.05, 0) is 63.0 Å². The van der Waals surface area contributed by atoms with E-state index in [0.29, 0.717) is 64.7 Å². The Hall–Kier alpha value is -3.09. The maximum Gasteiger partial charge on any atom is 0.333 e. The molecule has 0 aromatic heterocycles. The van der Waals surface area contributed by atoms with Crippen LogP contribution >= 0.6 is 0 Å². The number of ether oxygens (including phenoxy) is 2. The summed E-state index contributed by atoms with van der Waals surface area (Å²) in [7, 11) is -1.33. The number of benzene rings is 1. The second-order valence-electron chi connectivity index (χ2n) is 14.6. The molecule has 1 aromatic rings. The molecule has 0 N–H and O–H groups in total. The molecular formula is C34H50N4O7Si. The molecule has 4 fully saturated rings. The minimum atomic E-state index is -1.33. The molecule has 46 heavy (non-hydrogen) atoms. The molecule has 11 nitrogen and oxygen atoms in total. The summed E-state index contributed by atoms with van der Waals surface area (Å²) in [5.41, 5.74) is -0.660. The highest BCUT2D eigenvalue weighted by Crippen LogP contribution is 2.47. The van der Waals surface area contributed by atoms with Crippen LogP contribution in [-0.4, -0.2) is 101 Å². The second-order valence-corrected chi connectivity index (χ2v) is 20.3. The number of rotatable bonds is 14. The minimum absolute atomic E-state index is 0.0488. The van der Waals surface area contributed by atoms with Crippen molar-refractivity contribution in [3.63, 3.8) is 0 Å². The number of urea groups is 2. The smallest absolute Gasteiger partial charge is 0.333 e. The van der Waals surface area contributed by atoms with Gasteiger partial charge < -0.3 is 14.4 Å². The lowest BCUT2D eigenvalue weighted by molar-refractivity contribution is -0.150. The van der Waals surface area contributed by atoms with Crippen molar-refractivity contribution in [2.24, 2.45) is 0 Å². The fourth-order valence-corrected chi connectivity index (χ4v) is 7.79. The summed E-state index contributed by atoms with van der Waals surface area (Å²) in [6.07, 6.45) is 5.25. The molecule has 7 amide bonds. The number of unbranched alkanes of at least 4 members (excludes halogenated alkanes) is 1. The van der Waals surface area contributed by atoms with Gasteiger partial charge in [-0.3, -0.25) is 24.2 Å². The van der Waals surface area contributed by atoms with Crippen LogP contribution in [0, 0.1) is 0 Å². The zero-order valence-electron chi connectivity index (χ0n) is 27.9. The Bertz CT molecular complexity index is 1300. The Morgan fingerprint density at radius 2 is 1.59 bits per heavy atom.